The van der Waals surface area contributed by atoms with Crippen LogP contribution in [0.2, 0.25) is 10.0 Å². The van der Waals surface area contributed by atoms with Gasteiger partial charge >= 0.3 is 0 Å². The summed E-state index contributed by atoms with van der Waals surface area (Å²) in [4.78, 5) is 4.60. The molecule has 0 spiro atoms. The highest BCUT2D eigenvalue weighted by molar-refractivity contribution is 7.98. The van der Waals surface area contributed by atoms with Gasteiger partial charge in [0.1, 0.15) is 0 Å². The van der Waals surface area contributed by atoms with Crippen LogP contribution in [-0.2, 0) is 0 Å². The molecule has 0 aliphatic carbocycles. The van der Waals surface area contributed by atoms with E-state index in [1.165, 1.54) is 17.3 Å². The van der Waals surface area contributed by atoms with Gasteiger partial charge in [0.2, 0.25) is 11.1 Å². The summed E-state index contributed by atoms with van der Waals surface area (Å²) in [5.74, 6) is 0.764. The topological polar surface area (TPSA) is 42.7 Å². The van der Waals surface area contributed by atoms with Gasteiger partial charge in [-0.3, -0.25) is 0 Å². The van der Waals surface area contributed by atoms with Crippen LogP contribution >= 0.6 is 35.0 Å². The van der Waals surface area contributed by atoms with E-state index in [0.717, 1.165) is 23.1 Å². The second-order valence-electron chi connectivity index (χ2n) is 5.89. The van der Waals surface area contributed by atoms with Crippen LogP contribution in [0.4, 0.5) is 5.95 Å². The van der Waals surface area contributed by atoms with Gasteiger partial charge in [0.15, 0.2) is 0 Å². The van der Waals surface area contributed by atoms with Crippen molar-refractivity contribution >= 4 is 40.9 Å². The molecule has 25 heavy (non-hydrogen) atoms. The molecule has 1 aliphatic rings. The predicted octanol–water partition coefficient (Wildman–Crippen LogP) is 5.45. The summed E-state index contributed by atoms with van der Waals surface area (Å²) in [7, 11) is 0. The Bertz CT molecular complexity index is 897. The molecule has 3 aromatic rings. The fourth-order valence-corrected chi connectivity index (χ4v) is 4.06. The van der Waals surface area contributed by atoms with Crippen LogP contribution in [0.25, 0.3) is 0 Å². The molecule has 1 aromatic heterocycles. The van der Waals surface area contributed by atoms with E-state index in [4.69, 9.17) is 23.2 Å². The molecule has 2 heterocycles. The number of aromatic nitrogens is 3. The molecule has 0 saturated carbocycles. The van der Waals surface area contributed by atoms with Crippen molar-refractivity contribution in [3.05, 3.63) is 69.7 Å². The lowest BCUT2D eigenvalue weighted by atomic mass is 9.93. The Morgan fingerprint density at radius 1 is 1.16 bits per heavy atom. The quantitative estimate of drug-likeness (QED) is 0.603. The predicted molar refractivity (Wildman–Crippen MR) is 104 cm³/mol. The molecule has 0 amide bonds. The maximum atomic E-state index is 6.49. The highest BCUT2D eigenvalue weighted by Gasteiger charge is 2.32. The molecule has 0 bridgehead atoms. The Balaban J connectivity index is 1.80. The SMILES string of the molecule is CSc1nc2n(n1)[C@@H](c1ccc(Cl)cc1Cl)C[C@H](c1ccccc1)N2. The van der Waals surface area contributed by atoms with E-state index in [9.17, 15) is 0 Å². The highest BCUT2D eigenvalue weighted by atomic mass is 35.5. The minimum Gasteiger partial charge on any atom is -0.347 e. The fourth-order valence-electron chi connectivity index (χ4n) is 3.18. The van der Waals surface area contributed by atoms with Crippen molar-refractivity contribution in [3.63, 3.8) is 0 Å². The van der Waals surface area contributed by atoms with Crippen LogP contribution in [0, 0.1) is 0 Å². The van der Waals surface area contributed by atoms with Crippen molar-refractivity contribution in [2.45, 2.75) is 23.7 Å². The molecule has 2 atom stereocenters. The number of fused-ring (bicyclic) bond motifs is 1. The summed E-state index contributed by atoms with van der Waals surface area (Å²) in [5.41, 5.74) is 2.23. The number of nitrogens with one attached hydrogen (secondary N) is 1. The average Bonchev–Trinajstić information content (AvgIpc) is 3.05. The monoisotopic (exact) mass is 390 g/mol. The third-order valence-corrected chi connectivity index (χ3v) is 5.48. The zero-order valence-corrected chi connectivity index (χ0v) is 15.8. The lowest BCUT2D eigenvalue weighted by Gasteiger charge is -2.32. The first-order valence-corrected chi connectivity index (χ1v) is 9.90. The molecular weight excluding hydrogens is 375 g/mol. The van der Waals surface area contributed by atoms with Crippen LogP contribution < -0.4 is 5.32 Å². The first-order chi connectivity index (χ1) is 12.2. The lowest BCUT2D eigenvalue weighted by Crippen LogP contribution is -2.28. The minimum atomic E-state index is -0.000349. The molecule has 0 radical (unpaired) electrons. The minimum absolute atomic E-state index is 0.000349. The maximum Gasteiger partial charge on any atom is 0.223 e. The molecule has 0 saturated heterocycles. The molecule has 4 rings (SSSR count). The van der Waals surface area contributed by atoms with Crippen molar-refractivity contribution in [3.8, 4) is 0 Å². The first-order valence-electron chi connectivity index (χ1n) is 7.92. The van der Waals surface area contributed by atoms with Gasteiger partial charge in [0.05, 0.1) is 12.1 Å². The number of halogens is 2. The summed E-state index contributed by atoms with van der Waals surface area (Å²) in [6.07, 6.45) is 2.80. The van der Waals surface area contributed by atoms with Crippen molar-refractivity contribution < 1.29 is 0 Å². The molecule has 0 fully saturated rings. The van der Waals surface area contributed by atoms with Crippen molar-refractivity contribution in [1.82, 2.24) is 14.8 Å². The van der Waals surface area contributed by atoms with Gasteiger partial charge in [-0.2, -0.15) is 4.98 Å². The van der Waals surface area contributed by atoms with E-state index in [0.29, 0.717) is 10.0 Å². The van der Waals surface area contributed by atoms with Gasteiger partial charge in [0.25, 0.3) is 0 Å². The van der Waals surface area contributed by atoms with Crippen LogP contribution in [0.1, 0.15) is 29.6 Å². The second-order valence-corrected chi connectivity index (χ2v) is 7.51. The Hall–Kier alpha value is -1.69. The molecule has 4 nitrogen and oxygen atoms in total. The highest BCUT2D eigenvalue weighted by Crippen LogP contribution is 2.40. The Morgan fingerprint density at radius 2 is 1.96 bits per heavy atom. The van der Waals surface area contributed by atoms with Gasteiger partial charge in [-0.1, -0.05) is 71.4 Å². The number of thioether (sulfide) groups is 1. The summed E-state index contributed by atoms with van der Waals surface area (Å²) < 4.78 is 1.93. The van der Waals surface area contributed by atoms with E-state index in [1.54, 1.807) is 6.07 Å². The molecule has 1 aliphatic heterocycles. The Labute approximate surface area is 160 Å². The lowest BCUT2D eigenvalue weighted by molar-refractivity contribution is 0.427. The molecule has 1 N–H and O–H groups in total. The number of anilines is 1. The van der Waals surface area contributed by atoms with E-state index in [2.05, 4.69) is 27.5 Å². The molecular formula is C18H16Cl2N4S. The van der Waals surface area contributed by atoms with Crippen LogP contribution in [0.15, 0.2) is 53.7 Å². The summed E-state index contributed by atoms with van der Waals surface area (Å²) >= 11 is 14.1. The van der Waals surface area contributed by atoms with Crippen molar-refractivity contribution in [2.24, 2.45) is 0 Å². The van der Waals surface area contributed by atoms with E-state index >= 15 is 0 Å². The molecule has 7 heteroatoms. The number of hydrogen-bond acceptors (Lipinski definition) is 4. The third-order valence-electron chi connectivity index (χ3n) is 4.38. The van der Waals surface area contributed by atoms with Gasteiger partial charge in [-0.05, 0) is 35.9 Å². The fraction of sp³-hybridized carbons (Fsp3) is 0.222. The summed E-state index contributed by atoms with van der Waals surface area (Å²) in [5, 5.41) is 10.2. The molecule has 0 unspecified atom stereocenters. The van der Waals surface area contributed by atoms with Crippen LogP contribution in [0.3, 0.4) is 0 Å². The Kier molecular flexibility index (Phi) is 4.63. The van der Waals surface area contributed by atoms with Crippen molar-refractivity contribution in [1.29, 1.82) is 0 Å². The van der Waals surface area contributed by atoms with Gasteiger partial charge in [0, 0.05) is 10.0 Å². The Morgan fingerprint density at radius 3 is 2.68 bits per heavy atom. The zero-order chi connectivity index (χ0) is 17.4. The van der Waals surface area contributed by atoms with E-state index < -0.39 is 0 Å². The number of rotatable bonds is 3. The first kappa shape index (κ1) is 16.8. The standard InChI is InChI=1S/C18H16Cl2N4S/c1-25-18-22-17-21-15(11-5-3-2-4-6-11)10-16(24(17)23-18)13-8-7-12(19)9-14(13)20/h2-9,15-16H,10H2,1H3,(H,21,22,23)/t15-,16-/m1/s1. The summed E-state index contributed by atoms with van der Waals surface area (Å²) in [6.45, 7) is 0. The largest absolute Gasteiger partial charge is 0.347 e. The number of nitrogens with zero attached hydrogens (tertiary/aromatic N) is 3. The van der Waals surface area contributed by atoms with Gasteiger partial charge in [-0.25, -0.2) is 4.68 Å². The van der Waals surface area contributed by atoms with Gasteiger partial charge in [-0.15, -0.1) is 5.10 Å². The third kappa shape index (κ3) is 3.24. The van der Waals surface area contributed by atoms with Crippen LogP contribution in [0.5, 0.6) is 0 Å². The van der Waals surface area contributed by atoms with E-state index in [1.807, 2.05) is 41.3 Å². The average molecular weight is 391 g/mol. The summed E-state index contributed by atoms with van der Waals surface area (Å²) in [6, 6.07) is 16.1. The van der Waals surface area contributed by atoms with Gasteiger partial charge < -0.3 is 5.32 Å². The smallest absolute Gasteiger partial charge is 0.223 e. The number of benzene rings is 2. The van der Waals surface area contributed by atoms with E-state index in [-0.39, 0.29) is 12.1 Å². The van der Waals surface area contributed by atoms with Crippen molar-refractivity contribution in [2.75, 3.05) is 11.6 Å². The van der Waals surface area contributed by atoms with Crippen LogP contribution in [-0.4, -0.2) is 21.0 Å². The molecule has 2 aromatic carbocycles. The molecule has 128 valence electrons. The maximum absolute atomic E-state index is 6.49. The number of hydrogen-bond donors (Lipinski definition) is 1. The second kappa shape index (κ2) is 6.90. The zero-order valence-electron chi connectivity index (χ0n) is 13.5. The normalized spacial score (nSPS) is 19.3.